The number of nitrogens with zero attached hydrogens (tertiary/aromatic N) is 2. The lowest BCUT2D eigenvalue weighted by molar-refractivity contribution is -0.132. The molecule has 0 spiro atoms. The van der Waals surface area contributed by atoms with Gasteiger partial charge < -0.3 is 14.9 Å². The lowest BCUT2D eigenvalue weighted by atomic mass is 10.3. The van der Waals surface area contributed by atoms with Crippen LogP contribution in [0.4, 0.5) is 0 Å². The molecule has 1 N–H and O–H groups in total. The summed E-state index contributed by atoms with van der Waals surface area (Å²) >= 11 is 0. The van der Waals surface area contributed by atoms with E-state index in [2.05, 4.69) is 0 Å². The van der Waals surface area contributed by atoms with Crippen molar-refractivity contribution >= 4 is 17.8 Å². The highest BCUT2D eigenvalue weighted by molar-refractivity contribution is 5.93. The molecule has 1 rings (SSSR count). The van der Waals surface area contributed by atoms with E-state index in [0.29, 0.717) is 32.6 Å². The van der Waals surface area contributed by atoms with Gasteiger partial charge in [-0.15, -0.1) is 0 Å². The van der Waals surface area contributed by atoms with Crippen molar-refractivity contribution in [1.82, 2.24) is 9.80 Å². The molecule has 1 aliphatic heterocycles. The number of hydrogen-bond acceptors (Lipinski definition) is 3. The Bertz CT molecular complexity index is 351. The van der Waals surface area contributed by atoms with Gasteiger partial charge >= 0.3 is 5.97 Å². The summed E-state index contributed by atoms with van der Waals surface area (Å²) in [5.74, 6) is -1.46. The van der Waals surface area contributed by atoms with Gasteiger partial charge in [0.1, 0.15) is 0 Å². The first-order valence-electron chi connectivity index (χ1n) is 5.46. The molecular weight excluding hydrogens is 224 g/mol. The number of amides is 2. The maximum absolute atomic E-state index is 11.6. The molecule has 0 bridgehead atoms. The van der Waals surface area contributed by atoms with Gasteiger partial charge in [0.15, 0.2) is 0 Å². The van der Waals surface area contributed by atoms with Gasteiger partial charge in [0, 0.05) is 45.3 Å². The topological polar surface area (TPSA) is 77.9 Å². The van der Waals surface area contributed by atoms with E-state index in [0.717, 1.165) is 12.2 Å². The molecule has 0 aromatic carbocycles. The summed E-state index contributed by atoms with van der Waals surface area (Å²) in [6.45, 7) is 3.64. The minimum Gasteiger partial charge on any atom is -0.478 e. The Labute approximate surface area is 99.5 Å². The minimum absolute atomic E-state index is 0.000349. The summed E-state index contributed by atoms with van der Waals surface area (Å²) in [5, 5.41) is 8.42. The number of carbonyl (C=O) groups excluding carboxylic acids is 2. The predicted molar refractivity (Wildman–Crippen MR) is 60.2 cm³/mol. The fourth-order valence-corrected chi connectivity index (χ4v) is 1.70. The zero-order chi connectivity index (χ0) is 12.8. The van der Waals surface area contributed by atoms with E-state index < -0.39 is 5.97 Å². The van der Waals surface area contributed by atoms with E-state index >= 15 is 0 Å². The quantitative estimate of drug-likeness (QED) is 0.673. The van der Waals surface area contributed by atoms with Gasteiger partial charge in [-0.3, -0.25) is 9.59 Å². The number of carboxylic acids is 1. The molecule has 6 nitrogen and oxygen atoms in total. The maximum Gasteiger partial charge on any atom is 0.328 e. The van der Waals surface area contributed by atoms with Gasteiger partial charge in [0.25, 0.3) is 0 Å². The van der Waals surface area contributed by atoms with Gasteiger partial charge in [-0.2, -0.15) is 0 Å². The van der Waals surface area contributed by atoms with Crippen LogP contribution in [0.5, 0.6) is 0 Å². The van der Waals surface area contributed by atoms with Crippen molar-refractivity contribution in [3.63, 3.8) is 0 Å². The van der Waals surface area contributed by atoms with Gasteiger partial charge in [0.05, 0.1) is 0 Å². The van der Waals surface area contributed by atoms with Crippen LogP contribution >= 0.6 is 0 Å². The number of hydrogen-bond donors (Lipinski definition) is 1. The van der Waals surface area contributed by atoms with Crippen LogP contribution in [0.3, 0.4) is 0 Å². The third-order valence-electron chi connectivity index (χ3n) is 2.62. The molecule has 2 amide bonds. The SMILES string of the molecule is CC(=O)N1CCCN(C(=O)/C=C/C(=O)O)CC1. The third-order valence-corrected chi connectivity index (χ3v) is 2.62. The molecule has 0 aromatic heterocycles. The molecule has 0 aliphatic carbocycles. The van der Waals surface area contributed by atoms with Crippen LogP contribution in [0.15, 0.2) is 12.2 Å². The first-order valence-corrected chi connectivity index (χ1v) is 5.46. The van der Waals surface area contributed by atoms with Crippen molar-refractivity contribution in [2.45, 2.75) is 13.3 Å². The van der Waals surface area contributed by atoms with Crippen LogP contribution < -0.4 is 0 Å². The van der Waals surface area contributed by atoms with Crippen LogP contribution in [0.25, 0.3) is 0 Å². The second kappa shape index (κ2) is 6.03. The monoisotopic (exact) mass is 240 g/mol. The van der Waals surface area contributed by atoms with Crippen molar-refractivity contribution in [3.8, 4) is 0 Å². The second-order valence-corrected chi connectivity index (χ2v) is 3.86. The highest BCUT2D eigenvalue weighted by Gasteiger charge is 2.18. The summed E-state index contributed by atoms with van der Waals surface area (Å²) in [5.41, 5.74) is 0. The Morgan fingerprint density at radius 3 is 2.18 bits per heavy atom. The third kappa shape index (κ3) is 4.26. The second-order valence-electron chi connectivity index (χ2n) is 3.86. The van der Waals surface area contributed by atoms with Gasteiger partial charge in [0.2, 0.25) is 11.8 Å². The van der Waals surface area contributed by atoms with E-state index in [-0.39, 0.29) is 11.8 Å². The molecule has 17 heavy (non-hydrogen) atoms. The van der Waals surface area contributed by atoms with Gasteiger partial charge in [-0.1, -0.05) is 0 Å². The average Bonchev–Trinajstić information content (AvgIpc) is 2.51. The van der Waals surface area contributed by atoms with Crippen LogP contribution in [0.1, 0.15) is 13.3 Å². The van der Waals surface area contributed by atoms with Crippen molar-refractivity contribution < 1.29 is 19.5 Å². The molecule has 0 saturated carbocycles. The first kappa shape index (κ1) is 13.2. The molecule has 0 aromatic rings. The highest BCUT2D eigenvalue weighted by atomic mass is 16.4. The molecular formula is C11H16N2O4. The maximum atomic E-state index is 11.6. The Kier molecular flexibility index (Phi) is 4.68. The highest BCUT2D eigenvalue weighted by Crippen LogP contribution is 2.04. The number of rotatable bonds is 2. The van der Waals surface area contributed by atoms with E-state index in [4.69, 9.17) is 5.11 Å². The van der Waals surface area contributed by atoms with E-state index in [1.54, 1.807) is 9.80 Å². The van der Waals surface area contributed by atoms with Crippen molar-refractivity contribution in [1.29, 1.82) is 0 Å². The Morgan fingerprint density at radius 1 is 1.00 bits per heavy atom. The van der Waals surface area contributed by atoms with Crippen LogP contribution in [-0.2, 0) is 14.4 Å². The minimum atomic E-state index is -1.14. The zero-order valence-corrected chi connectivity index (χ0v) is 9.76. The van der Waals surface area contributed by atoms with Crippen molar-refractivity contribution in [2.75, 3.05) is 26.2 Å². The summed E-state index contributed by atoms with van der Waals surface area (Å²) in [4.78, 5) is 36.3. The lowest BCUT2D eigenvalue weighted by Gasteiger charge is -2.19. The fourth-order valence-electron chi connectivity index (χ4n) is 1.70. The average molecular weight is 240 g/mol. The van der Waals surface area contributed by atoms with Crippen LogP contribution in [-0.4, -0.2) is 58.9 Å². The first-order chi connectivity index (χ1) is 8.00. The van der Waals surface area contributed by atoms with Crippen LogP contribution in [0.2, 0.25) is 0 Å². The molecule has 6 heteroatoms. The van der Waals surface area contributed by atoms with Crippen molar-refractivity contribution in [2.24, 2.45) is 0 Å². The van der Waals surface area contributed by atoms with Gasteiger partial charge in [-0.05, 0) is 6.42 Å². The van der Waals surface area contributed by atoms with Crippen LogP contribution in [0, 0.1) is 0 Å². The van der Waals surface area contributed by atoms with E-state index in [9.17, 15) is 14.4 Å². The normalized spacial score (nSPS) is 17.0. The predicted octanol–water partition coefficient (Wildman–Crippen LogP) is -0.292. The molecule has 1 saturated heterocycles. The number of carbonyl (C=O) groups is 3. The number of carboxylic acid groups (broad SMARTS) is 1. The zero-order valence-electron chi connectivity index (χ0n) is 9.76. The molecule has 1 heterocycles. The summed E-state index contributed by atoms with van der Waals surface area (Å²) in [7, 11) is 0. The Balaban J connectivity index is 2.54. The standard InChI is InChI=1S/C11H16N2O4/c1-9(14)12-5-2-6-13(8-7-12)10(15)3-4-11(16)17/h3-4H,2,5-8H2,1H3,(H,16,17)/b4-3+. The van der Waals surface area contributed by atoms with E-state index in [1.807, 2.05) is 0 Å². The molecule has 1 fully saturated rings. The molecule has 0 atom stereocenters. The fraction of sp³-hybridized carbons (Fsp3) is 0.545. The molecule has 94 valence electrons. The summed E-state index contributed by atoms with van der Waals surface area (Å²) in [6.07, 6.45) is 2.59. The largest absolute Gasteiger partial charge is 0.478 e. The number of aliphatic carboxylic acids is 1. The molecule has 1 aliphatic rings. The van der Waals surface area contributed by atoms with E-state index in [1.165, 1.54) is 6.92 Å². The Hall–Kier alpha value is -1.85. The van der Waals surface area contributed by atoms with Gasteiger partial charge in [-0.25, -0.2) is 4.79 Å². The smallest absolute Gasteiger partial charge is 0.328 e. The summed E-state index contributed by atoms with van der Waals surface area (Å²) < 4.78 is 0. The Morgan fingerprint density at radius 2 is 1.59 bits per heavy atom. The molecule has 0 unspecified atom stereocenters. The summed E-state index contributed by atoms with van der Waals surface area (Å²) in [6, 6.07) is 0. The van der Waals surface area contributed by atoms with Crippen molar-refractivity contribution in [3.05, 3.63) is 12.2 Å². The molecule has 0 radical (unpaired) electrons. The lowest BCUT2D eigenvalue weighted by Crippen LogP contribution is -2.35.